The van der Waals surface area contributed by atoms with Gasteiger partial charge in [0.15, 0.2) is 0 Å². The monoisotopic (exact) mass is 1010 g/mol. The van der Waals surface area contributed by atoms with Gasteiger partial charge in [-0.05, 0) is 104 Å². The first-order valence-corrected chi connectivity index (χ1v) is 21.2. The molecule has 0 amide bonds. The molecule has 0 saturated carbocycles. The first-order chi connectivity index (χ1) is 29.6. The van der Waals surface area contributed by atoms with Crippen LogP contribution in [0, 0.1) is 11.9 Å². The molecule has 6 aromatic carbocycles. The van der Waals surface area contributed by atoms with E-state index in [2.05, 4.69) is 145 Å². The Bertz CT molecular complexity index is 2850. The molecule has 63 heavy (non-hydrogen) atoms. The van der Waals surface area contributed by atoms with Gasteiger partial charge in [-0.2, -0.15) is 0 Å². The number of nitrogens with zero attached hydrogens (tertiary/aromatic N) is 3. The van der Waals surface area contributed by atoms with E-state index in [0.29, 0.717) is 22.8 Å². The number of halogens is 1. The number of benzene rings is 6. The quantitative estimate of drug-likeness (QED) is 0.146. The molecule has 0 saturated heterocycles. The number of phenols is 1. The third-order valence-electron chi connectivity index (χ3n) is 11.7. The number of aromatic nitrogens is 2. The second-order valence-electron chi connectivity index (χ2n) is 18.7. The minimum absolute atomic E-state index is 0. The van der Waals surface area contributed by atoms with Crippen LogP contribution in [0.25, 0.3) is 44.8 Å². The van der Waals surface area contributed by atoms with Crippen LogP contribution in [-0.2, 0) is 37.3 Å². The van der Waals surface area contributed by atoms with E-state index >= 15 is 0 Å². The average molecular weight is 1010 g/mol. The number of phenolic OH excluding ortho intramolecular Hbond substituents is 1. The van der Waals surface area contributed by atoms with Gasteiger partial charge in [-0.25, -0.2) is 9.37 Å². The van der Waals surface area contributed by atoms with Crippen molar-refractivity contribution >= 4 is 17.2 Å². The number of anilines is 3. The standard InChI is InChI=1S/C57H53FN3O.Pt/c1-55(2,3)45-35-49(54(62)50(36-45)56(4,5)6)52-34-41(39-20-14-10-15-21-39)33-51(60-52)42-30-40(38-18-12-9-13-19-38)31-48(32-42)61(47-22-16-11-17-23-47)53-37-44(28-29-59-53)57(7,8)43-24-26-46(58)27-25-43;/h9-31,33-37,62H,1-8H3;/q-1;. The van der Waals surface area contributed by atoms with Crippen LogP contribution in [0.2, 0.25) is 0 Å². The topological polar surface area (TPSA) is 49.2 Å². The minimum atomic E-state index is -0.449. The summed E-state index contributed by atoms with van der Waals surface area (Å²) in [5.74, 6) is 0.684. The maximum Gasteiger partial charge on any atom is 0.136 e. The number of rotatable bonds is 9. The normalized spacial score (nSPS) is 11.8. The van der Waals surface area contributed by atoms with Gasteiger partial charge in [0, 0.05) is 49.5 Å². The molecular formula is C57H53FN3OPt-. The van der Waals surface area contributed by atoms with Crippen LogP contribution < -0.4 is 4.90 Å². The summed E-state index contributed by atoms with van der Waals surface area (Å²) in [6.45, 7) is 17.3. The van der Waals surface area contributed by atoms with Gasteiger partial charge in [-0.3, -0.25) is 4.98 Å². The minimum Gasteiger partial charge on any atom is -0.507 e. The van der Waals surface area contributed by atoms with Crippen molar-refractivity contribution in [1.29, 1.82) is 0 Å². The fourth-order valence-corrected chi connectivity index (χ4v) is 7.98. The maximum atomic E-state index is 14.0. The fraction of sp³-hybridized carbons (Fsp3) is 0.193. The van der Waals surface area contributed by atoms with E-state index in [1.807, 2.05) is 79.0 Å². The Morgan fingerprint density at radius 3 is 1.70 bits per heavy atom. The Morgan fingerprint density at radius 1 is 0.540 bits per heavy atom. The zero-order valence-electron chi connectivity index (χ0n) is 37.1. The summed E-state index contributed by atoms with van der Waals surface area (Å²) in [4.78, 5) is 12.6. The number of pyridine rings is 2. The molecule has 4 nitrogen and oxygen atoms in total. The van der Waals surface area contributed by atoms with Crippen LogP contribution in [0.15, 0.2) is 170 Å². The molecule has 2 heterocycles. The zero-order valence-corrected chi connectivity index (χ0v) is 39.4. The molecule has 0 aliphatic rings. The molecule has 0 bridgehead atoms. The summed E-state index contributed by atoms with van der Waals surface area (Å²) >= 11 is 0. The molecule has 320 valence electrons. The molecule has 8 aromatic rings. The SMILES string of the molecule is CC(C)(C)c1cc(-c2cc(-c3ccccc3)cc(-c3[c-]c(N(c4ccccc4)c4cc(C(C)(C)c5ccc(F)cc5)ccn4)cc(-c4ccccc4)c3)n2)c(O)c(C(C)(C)C)c1.[Pt]. The molecule has 6 heteroatoms. The summed E-state index contributed by atoms with van der Waals surface area (Å²) in [7, 11) is 0. The molecule has 0 fully saturated rings. The van der Waals surface area contributed by atoms with Gasteiger partial charge < -0.3 is 10.0 Å². The van der Waals surface area contributed by atoms with Crippen molar-refractivity contribution < 1.29 is 30.6 Å². The largest absolute Gasteiger partial charge is 0.507 e. The Hall–Kier alpha value is -6.16. The maximum absolute atomic E-state index is 14.0. The van der Waals surface area contributed by atoms with Crippen LogP contribution in [0.3, 0.4) is 0 Å². The molecule has 0 atom stereocenters. The van der Waals surface area contributed by atoms with E-state index in [-0.39, 0.29) is 43.5 Å². The molecule has 0 spiro atoms. The molecule has 0 unspecified atom stereocenters. The Balaban J connectivity index is 0.00000595. The summed E-state index contributed by atoms with van der Waals surface area (Å²) in [6.07, 6.45) is 1.84. The molecule has 2 aromatic heterocycles. The zero-order chi connectivity index (χ0) is 43.8. The molecule has 1 N–H and O–H groups in total. The van der Waals surface area contributed by atoms with E-state index in [4.69, 9.17) is 9.97 Å². The molecular weight excluding hydrogens is 957 g/mol. The van der Waals surface area contributed by atoms with Crippen LogP contribution in [0.5, 0.6) is 5.75 Å². The van der Waals surface area contributed by atoms with Crippen LogP contribution in [0.1, 0.15) is 77.6 Å². The Morgan fingerprint density at radius 2 is 1.11 bits per heavy atom. The van der Waals surface area contributed by atoms with Crippen LogP contribution in [-0.4, -0.2) is 15.1 Å². The molecule has 0 radical (unpaired) electrons. The predicted octanol–water partition coefficient (Wildman–Crippen LogP) is 15.2. The third kappa shape index (κ3) is 9.60. The smallest absolute Gasteiger partial charge is 0.136 e. The average Bonchev–Trinajstić information content (AvgIpc) is 3.27. The predicted molar refractivity (Wildman–Crippen MR) is 255 cm³/mol. The van der Waals surface area contributed by atoms with Crippen molar-refractivity contribution in [3.05, 3.63) is 204 Å². The van der Waals surface area contributed by atoms with Gasteiger partial charge in [0.1, 0.15) is 17.4 Å². The van der Waals surface area contributed by atoms with Crippen molar-refractivity contribution in [2.75, 3.05) is 4.90 Å². The van der Waals surface area contributed by atoms with E-state index in [1.54, 1.807) is 0 Å². The van der Waals surface area contributed by atoms with Crippen LogP contribution in [0.4, 0.5) is 21.6 Å². The Kier molecular flexibility index (Phi) is 12.8. The van der Waals surface area contributed by atoms with Gasteiger partial charge in [-0.1, -0.05) is 164 Å². The van der Waals surface area contributed by atoms with E-state index < -0.39 is 5.41 Å². The van der Waals surface area contributed by atoms with E-state index in [0.717, 1.165) is 61.4 Å². The number of aromatic hydroxyl groups is 1. The van der Waals surface area contributed by atoms with Crippen molar-refractivity contribution in [1.82, 2.24) is 9.97 Å². The summed E-state index contributed by atoms with van der Waals surface area (Å²) < 4.78 is 14.0. The third-order valence-corrected chi connectivity index (χ3v) is 11.7. The van der Waals surface area contributed by atoms with Gasteiger partial charge in [0.25, 0.3) is 0 Å². The molecule has 8 rings (SSSR count). The van der Waals surface area contributed by atoms with Gasteiger partial charge in [-0.15, -0.1) is 23.8 Å². The number of hydrogen-bond donors (Lipinski definition) is 1. The van der Waals surface area contributed by atoms with Crippen molar-refractivity contribution in [3.63, 3.8) is 0 Å². The van der Waals surface area contributed by atoms with E-state index in [9.17, 15) is 9.50 Å². The molecule has 0 aliphatic heterocycles. The second kappa shape index (κ2) is 17.9. The summed E-state index contributed by atoms with van der Waals surface area (Å²) in [5, 5.41) is 12.1. The second-order valence-corrected chi connectivity index (χ2v) is 18.7. The van der Waals surface area contributed by atoms with Gasteiger partial charge in [0.05, 0.1) is 5.69 Å². The number of hydrogen-bond acceptors (Lipinski definition) is 4. The van der Waals surface area contributed by atoms with Crippen LogP contribution >= 0.6 is 0 Å². The number of para-hydroxylation sites is 1. The Labute approximate surface area is 386 Å². The van der Waals surface area contributed by atoms with Crippen molar-refractivity contribution in [2.45, 2.75) is 71.6 Å². The summed E-state index contributed by atoms with van der Waals surface area (Å²) in [5.41, 5.74) is 11.7. The van der Waals surface area contributed by atoms with Crippen molar-refractivity contribution in [2.24, 2.45) is 0 Å². The van der Waals surface area contributed by atoms with Gasteiger partial charge in [0.2, 0.25) is 0 Å². The first-order valence-electron chi connectivity index (χ1n) is 21.2. The van der Waals surface area contributed by atoms with Gasteiger partial charge >= 0.3 is 0 Å². The fourth-order valence-electron chi connectivity index (χ4n) is 7.98. The molecule has 0 aliphatic carbocycles. The van der Waals surface area contributed by atoms with E-state index in [1.165, 1.54) is 12.1 Å². The summed E-state index contributed by atoms with van der Waals surface area (Å²) in [6, 6.07) is 58.3. The van der Waals surface area contributed by atoms with Crippen molar-refractivity contribution in [3.8, 4) is 50.5 Å². The first kappa shape index (κ1) is 44.9.